The van der Waals surface area contributed by atoms with Crippen LogP contribution in [-0.2, 0) is 0 Å². The predicted octanol–water partition coefficient (Wildman–Crippen LogP) is 4.99. The number of rotatable bonds is 8. The van der Waals surface area contributed by atoms with Crippen molar-refractivity contribution in [3.05, 3.63) is 77.0 Å². The number of anilines is 2. The maximum absolute atomic E-state index is 9.84. The van der Waals surface area contributed by atoms with Gasteiger partial charge in [-0.15, -0.1) is 0 Å². The van der Waals surface area contributed by atoms with E-state index in [4.69, 9.17) is 4.74 Å². The van der Waals surface area contributed by atoms with E-state index in [1.165, 1.54) is 0 Å². The molecule has 194 valence electrons. The number of nitriles is 1. The quantitative estimate of drug-likeness (QED) is 0.347. The van der Waals surface area contributed by atoms with Crippen molar-refractivity contribution < 1.29 is 4.74 Å². The molecule has 0 atom stereocenters. The minimum Gasteiger partial charge on any atom is -0.491 e. The molecule has 0 bridgehead atoms. The lowest BCUT2D eigenvalue weighted by Crippen LogP contribution is -2.45. The van der Waals surface area contributed by atoms with Gasteiger partial charge in [0, 0.05) is 79.2 Å². The summed E-state index contributed by atoms with van der Waals surface area (Å²) in [4.78, 5) is 16.9. The topological polar surface area (TPSA) is 93.1 Å². The van der Waals surface area contributed by atoms with Gasteiger partial charge in [0.15, 0.2) is 0 Å². The van der Waals surface area contributed by atoms with Gasteiger partial charge in [0.2, 0.25) is 0 Å². The van der Waals surface area contributed by atoms with Crippen LogP contribution in [0.3, 0.4) is 0 Å². The summed E-state index contributed by atoms with van der Waals surface area (Å²) in [5, 5.41) is 14.5. The Hall–Kier alpha value is -4.19. The fraction of sp³-hybridized carbons (Fsp3) is 0.300. The van der Waals surface area contributed by atoms with Gasteiger partial charge in [0.1, 0.15) is 18.4 Å². The van der Waals surface area contributed by atoms with Crippen LogP contribution in [0.4, 0.5) is 11.4 Å². The molecule has 0 unspecified atom stereocenters. The van der Waals surface area contributed by atoms with Gasteiger partial charge in [0.05, 0.1) is 17.4 Å². The monoisotopic (exact) mass is 507 g/mol. The molecule has 2 N–H and O–H groups in total. The molecule has 1 aliphatic heterocycles. The second-order valence-corrected chi connectivity index (χ2v) is 9.74. The van der Waals surface area contributed by atoms with Crippen LogP contribution in [0.1, 0.15) is 27.9 Å². The van der Waals surface area contributed by atoms with Crippen LogP contribution in [0.15, 0.2) is 49.1 Å². The molecule has 4 aromatic rings. The van der Waals surface area contributed by atoms with E-state index < -0.39 is 0 Å². The lowest BCUT2D eigenvalue weighted by atomic mass is 10.0. The summed E-state index contributed by atoms with van der Waals surface area (Å²) in [6, 6.07) is 10.4. The highest BCUT2D eigenvalue weighted by atomic mass is 16.5. The van der Waals surface area contributed by atoms with E-state index in [1.54, 1.807) is 18.6 Å². The van der Waals surface area contributed by atoms with E-state index in [-0.39, 0.29) is 0 Å². The van der Waals surface area contributed by atoms with Crippen molar-refractivity contribution in [2.24, 2.45) is 0 Å². The van der Waals surface area contributed by atoms with E-state index in [2.05, 4.69) is 56.2 Å². The van der Waals surface area contributed by atoms with Gasteiger partial charge < -0.3 is 19.9 Å². The lowest BCUT2D eigenvalue weighted by Gasteiger charge is -2.32. The fourth-order valence-electron chi connectivity index (χ4n) is 4.75. The largest absolute Gasteiger partial charge is 0.491 e. The van der Waals surface area contributed by atoms with Crippen molar-refractivity contribution in [2.45, 2.75) is 13.8 Å². The third-order valence-electron chi connectivity index (χ3n) is 7.15. The summed E-state index contributed by atoms with van der Waals surface area (Å²) < 4.78 is 6.01. The third kappa shape index (κ3) is 5.70. The van der Waals surface area contributed by atoms with E-state index >= 15 is 0 Å². The molecule has 0 saturated carbocycles. The summed E-state index contributed by atoms with van der Waals surface area (Å²) in [5.74, 6) is 0.746. The van der Waals surface area contributed by atoms with Gasteiger partial charge >= 0.3 is 0 Å². The molecule has 0 radical (unpaired) electrons. The van der Waals surface area contributed by atoms with Crippen molar-refractivity contribution in [1.29, 1.82) is 5.26 Å². The molecule has 1 aliphatic rings. The summed E-state index contributed by atoms with van der Waals surface area (Å²) >= 11 is 0. The molecule has 8 nitrogen and oxygen atoms in total. The van der Waals surface area contributed by atoms with Crippen LogP contribution in [-0.4, -0.2) is 71.1 Å². The van der Waals surface area contributed by atoms with Gasteiger partial charge in [-0.1, -0.05) is 12.2 Å². The number of piperazine rings is 1. The van der Waals surface area contributed by atoms with Crippen molar-refractivity contribution in [3.8, 4) is 11.8 Å². The van der Waals surface area contributed by atoms with Gasteiger partial charge in [-0.05, 0) is 56.3 Å². The minimum atomic E-state index is 0.489. The molecule has 4 heterocycles. The molecule has 3 aromatic heterocycles. The number of aromatic nitrogens is 3. The Kier molecular flexibility index (Phi) is 7.68. The number of H-pyrrole nitrogens is 1. The normalized spacial score (nSPS) is 14.7. The number of hydrogen-bond donors (Lipinski definition) is 2. The molecule has 0 spiro atoms. The number of aryl methyl sites for hydroxylation is 2. The molecular formula is C30H33N7O. The Morgan fingerprint density at radius 3 is 2.76 bits per heavy atom. The van der Waals surface area contributed by atoms with Gasteiger partial charge in [0.25, 0.3) is 0 Å². The fourth-order valence-corrected chi connectivity index (χ4v) is 4.75. The van der Waals surface area contributed by atoms with Crippen LogP contribution in [0.5, 0.6) is 5.75 Å². The highest BCUT2D eigenvalue weighted by Crippen LogP contribution is 2.32. The Morgan fingerprint density at radius 1 is 1.11 bits per heavy atom. The first kappa shape index (κ1) is 25.5. The second kappa shape index (κ2) is 11.5. The molecule has 8 heteroatoms. The van der Waals surface area contributed by atoms with Crippen molar-refractivity contribution in [1.82, 2.24) is 24.8 Å². The zero-order valence-corrected chi connectivity index (χ0v) is 22.2. The highest BCUT2D eigenvalue weighted by Gasteiger charge is 2.15. The number of nitrogens with one attached hydrogen (secondary N) is 2. The zero-order valence-electron chi connectivity index (χ0n) is 22.2. The smallest absolute Gasteiger partial charge is 0.138 e. The number of ether oxygens (including phenoxy) is 1. The summed E-state index contributed by atoms with van der Waals surface area (Å²) in [7, 11) is 2.16. The van der Waals surface area contributed by atoms with Crippen LogP contribution >= 0.6 is 0 Å². The molecule has 0 amide bonds. The van der Waals surface area contributed by atoms with Crippen LogP contribution in [0.25, 0.3) is 23.1 Å². The molecule has 0 aliphatic carbocycles. The van der Waals surface area contributed by atoms with Gasteiger partial charge in [-0.25, -0.2) is 0 Å². The second-order valence-electron chi connectivity index (χ2n) is 9.74. The maximum Gasteiger partial charge on any atom is 0.138 e. The average molecular weight is 508 g/mol. The molecular weight excluding hydrogens is 474 g/mol. The lowest BCUT2D eigenvalue weighted by molar-refractivity contribution is 0.133. The first-order valence-corrected chi connectivity index (χ1v) is 12.9. The first-order chi connectivity index (χ1) is 18.5. The number of likely N-dealkylation sites (N-methyl/N-ethyl adjacent to an activating group) is 1. The molecule has 1 fully saturated rings. The van der Waals surface area contributed by atoms with E-state index in [0.717, 1.165) is 83.1 Å². The van der Waals surface area contributed by atoms with Gasteiger partial charge in [-0.3, -0.25) is 14.9 Å². The average Bonchev–Trinajstić information content (AvgIpc) is 3.41. The van der Waals surface area contributed by atoms with E-state index in [1.807, 2.05) is 43.5 Å². The third-order valence-corrected chi connectivity index (χ3v) is 7.15. The van der Waals surface area contributed by atoms with Crippen molar-refractivity contribution in [2.75, 3.05) is 51.7 Å². The molecule has 1 saturated heterocycles. The Labute approximate surface area is 223 Å². The number of nitrogens with zero attached hydrogens (tertiary/aromatic N) is 5. The highest BCUT2D eigenvalue weighted by molar-refractivity contribution is 5.90. The van der Waals surface area contributed by atoms with E-state index in [9.17, 15) is 5.26 Å². The standard InChI is InChI=1S/C30H33N7O/c1-21-26-8-9-33-29(26)7-6-28(21)35-30-24(17-31)19-34-22(2)27(30)5-4-23-16-25(20-32-18-23)38-15-14-37-12-10-36(3)11-13-37/h4-9,16,18-20,33H,10-15H2,1-3H3,(H,34,35)/b5-4+. The minimum absolute atomic E-state index is 0.489. The maximum atomic E-state index is 9.84. The number of fused-ring (bicyclic) bond motifs is 1. The Balaban J connectivity index is 1.34. The molecule has 5 rings (SSSR count). The number of hydrogen-bond acceptors (Lipinski definition) is 7. The van der Waals surface area contributed by atoms with Crippen LogP contribution < -0.4 is 10.1 Å². The first-order valence-electron chi connectivity index (χ1n) is 12.9. The van der Waals surface area contributed by atoms with Crippen LogP contribution in [0, 0.1) is 25.2 Å². The van der Waals surface area contributed by atoms with Gasteiger partial charge in [-0.2, -0.15) is 5.26 Å². The Bertz CT molecular complexity index is 1490. The van der Waals surface area contributed by atoms with E-state index in [0.29, 0.717) is 12.2 Å². The number of pyridine rings is 2. The number of aromatic amines is 1. The summed E-state index contributed by atoms with van der Waals surface area (Å²) in [6.45, 7) is 9.91. The Morgan fingerprint density at radius 2 is 1.95 bits per heavy atom. The molecule has 1 aromatic carbocycles. The molecule has 38 heavy (non-hydrogen) atoms. The van der Waals surface area contributed by atoms with Crippen molar-refractivity contribution >= 4 is 34.4 Å². The van der Waals surface area contributed by atoms with Crippen LogP contribution in [0.2, 0.25) is 0 Å². The predicted molar refractivity (Wildman–Crippen MR) is 153 cm³/mol. The summed E-state index contributed by atoms with van der Waals surface area (Å²) in [6.07, 6.45) is 11.1. The zero-order chi connectivity index (χ0) is 26.5. The summed E-state index contributed by atoms with van der Waals surface area (Å²) in [5.41, 5.74) is 6.98. The SMILES string of the molecule is Cc1ncc(C#N)c(Nc2ccc3[nH]ccc3c2C)c1/C=C/c1cncc(OCCN2CCN(C)CC2)c1. The number of benzene rings is 1. The van der Waals surface area contributed by atoms with Crippen molar-refractivity contribution in [3.63, 3.8) is 0 Å².